The lowest BCUT2D eigenvalue weighted by Gasteiger charge is -2.27. The lowest BCUT2D eigenvalue weighted by atomic mass is 10.1. The van der Waals surface area contributed by atoms with E-state index >= 15 is 0 Å². The van der Waals surface area contributed by atoms with E-state index in [0.29, 0.717) is 37.6 Å². The molecule has 2 saturated heterocycles. The number of benzene rings is 2. The predicted octanol–water partition coefficient (Wildman–Crippen LogP) is 3.12. The van der Waals surface area contributed by atoms with Gasteiger partial charge in [-0.05, 0) is 55.2 Å². The number of rotatable bonds is 6. The number of hydrogen-bond donors (Lipinski definition) is 1. The highest BCUT2D eigenvalue weighted by atomic mass is 32.2. The van der Waals surface area contributed by atoms with Gasteiger partial charge in [0.25, 0.3) is 5.91 Å². The molecule has 2 aromatic carbocycles. The number of carbonyl (C=O) groups excluding carboxylic acids is 1. The second-order valence-corrected chi connectivity index (χ2v) is 9.84. The molecule has 166 valence electrons. The average Bonchev–Trinajstić information content (AvgIpc) is 3.34. The summed E-state index contributed by atoms with van der Waals surface area (Å²) in [6, 6.07) is 12.6. The first kappa shape index (κ1) is 21.8. The number of anilines is 2. The fraction of sp³-hybridized carbons (Fsp3) is 0.435. The highest BCUT2D eigenvalue weighted by molar-refractivity contribution is 7.89. The Labute approximate surface area is 184 Å². The number of carbonyl (C=O) groups is 1. The van der Waals surface area contributed by atoms with Crippen molar-refractivity contribution < 1.29 is 17.9 Å². The number of nitrogens with one attached hydrogen (secondary N) is 1. The van der Waals surface area contributed by atoms with Crippen molar-refractivity contribution in [2.75, 3.05) is 49.6 Å². The molecule has 2 aliphatic rings. The Bertz CT molecular complexity index is 1040. The van der Waals surface area contributed by atoms with E-state index in [2.05, 4.69) is 17.1 Å². The van der Waals surface area contributed by atoms with Gasteiger partial charge in [-0.1, -0.05) is 19.1 Å². The highest BCUT2D eigenvalue weighted by Crippen LogP contribution is 2.29. The van der Waals surface area contributed by atoms with E-state index in [4.69, 9.17) is 4.74 Å². The Morgan fingerprint density at radius 1 is 1.03 bits per heavy atom. The van der Waals surface area contributed by atoms with Crippen LogP contribution in [0.25, 0.3) is 0 Å². The SMILES string of the molecule is CCc1cccc(NC(=O)c2cc(S(=O)(=O)N3CCOCC3)ccc2N2CCCC2)c1. The molecule has 1 amide bonds. The maximum atomic E-state index is 13.3. The Balaban J connectivity index is 1.69. The first-order chi connectivity index (χ1) is 15.0. The molecule has 0 saturated carbocycles. The Kier molecular flexibility index (Phi) is 6.60. The Hall–Kier alpha value is -2.42. The molecular formula is C23H29N3O4S. The van der Waals surface area contributed by atoms with Gasteiger partial charge in [0.05, 0.1) is 23.7 Å². The van der Waals surface area contributed by atoms with Crippen molar-refractivity contribution in [1.29, 1.82) is 0 Å². The van der Waals surface area contributed by atoms with Gasteiger partial charge in [-0.25, -0.2) is 8.42 Å². The molecule has 0 bridgehead atoms. The van der Waals surface area contributed by atoms with Gasteiger partial charge in [-0.3, -0.25) is 4.79 Å². The van der Waals surface area contributed by atoms with E-state index < -0.39 is 10.0 Å². The predicted molar refractivity (Wildman–Crippen MR) is 121 cm³/mol. The largest absolute Gasteiger partial charge is 0.379 e. The fourth-order valence-electron chi connectivity index (χ4n) is 4.09. The minimum atomic E-state index is -3.69. The maximum Gasteiger partial charge on any atom is 0.257 e. The van der Waals surface area contributed by atoms with Gasteiger partial charge in [0.15, 0.2) is 0 Å². The molecule has 4 rings (SSSR count). The summed E-state index contributed by atoms with van der Waals surface area (Å²) in [5.41, 5.74) is 3.00. The van der Waals surface area contributed by atoms with Gasteiger partial charge >= 0.3 is 0 Å². The van der Waals surface area contributed by atoms with Crippen LogP contribution in [0.15, 0.2) is 47.4 Å². The van der Waals surface area contributed by atoms with Gasteiger partial charge in [0.2, 0.25) is 10.0 Å². The summed E-state index contributed by atoms with van der Waals surface area (Å²) in [6.45, 7) is 5.19. The molecule has 0 aliphatic carbocycles. The van der Waals surface area contributed by atoms with E-state index in [0.717, 1.165) is 43.6 Å². The second-order valence-electron chi connectivity index (χ2n) is 7.90. The van der Waals surface area contributed by atoms with Gasteiger partial charge in [0.1, 0.15) is 0 Å². The zero-order valence-corrected chi connectivity index (χ0v) is 18.7. The Morgan fingerprint density at radius 3 is 2.48 bits per heavy atom. The van der Waals surface area contributed by atoms with E-state index in [1.807, 2.05) is 24.3 Å². The molecule has 0 aromatic heterocycles. The lowest BCUT2D eigenvalue weighted by Crippen LogP contribution is -2.40. The summed E-state index contributed by atoms with van der Waals surface area (Å²) in [5, 5.41) is 2.96. The van der Waals surface area contributed by atoms with Crippen molar-refractivity contribution in [1.82, 2.24) is 4.31 Å². The monoisotopic (exact) mass is 443 g/mol. The number of aryl methyl sites for hydroxylation is 1. The van der Waals surface area contributed by atoms with Crippen LogP contribution in [0.5, 0.6) is 0 Å². The first-order valence-corrected chi connectivity index (χ1v) is 12.3. The minimum Gasteiger partial charge on any atom is -0.379 e. The summed E-state index contributed by atoms with van der Waals surface area (Å²) in [6.07, 6.45) is 3.00. The minimum absolute atomic E-state index is 0.143. The molecule has 31 heavy (non-hydrogen) atoms. The van der Waals surface area contributed by atoms with E-state index in [1.54, 1.807) is 12.1 Å². The van der Waals surface area contributed by atoms with Crippen molar-refractivity contribution in [2.45, 2.75) is 31.1 Å². The van der Waals surface area contributed by atoms with Crippen LogP contribution in [0.4, 0.5) is 11.4 Å². The average molecular weight is 444 g/mol. The van der Waals surface area contributed by atoms with Crippen molar-refractivity contribution >= 4 is 27.3 Å². The standard InChI is InChI=1S/C23H29N3O4S/c1-2-18-6-5-7-19(16-18)24-23(27)21-17-20(8-9-22(21)25-10-3-4-11-25)31(28,29)26-12-14-30-15-13-26/h5-9,16-17H,2-4,10-15H2,1H3,(H,24,27). The molecule has 7 nitrogen and oxygen atoms in total. The Morgan fingerprint density at radius 2 is 1.77 bits per heavy atom. The maximum absolute atomic E-state index is 13.3. The van der Waals surface area contributed by atoms with Crippen molar-refractivity contribution in [3.05, 3.63) is 53.6 Å². The molecule has 2 fully saturated rings. The number of hydrogen-bond acceptors (Lipinski definition) is 5. The third-order valence-corrected chi connectivity index (χ3v) is 7.75. The molecule has 0 radical (unpaired) electrons. The molecule has 0 unspecified atom stereocenters. The molecular weight excluding hydrogens is 414 g/mol. The summed E-state index contributed by atoms with van der Waals surface area (Å²) in [7, 11) is -3.69. The van der Waals surface area contributed by atoms with Crippen molar-refractivity contribution in [2.24, 2.45) is 0 Å². The molecule has 1 N–H and O–H groups in total. The molecule has 2 aromatic rings. The lowest BCUT2D eigenvalue weighted by molar-refractivity contribution is 0.0730. The van der Waals surface area contributed by atoms with Gasteiger partial charge in [-0.2, -0.15) is 4.31 Å². The van der Waals surface area contributed by atoms with Gasteiger partial charge in [0, 0.05) is 37.6 Å². The summed E-state index contributed by atoms with van der Waals surface area (Å²) >= 11 is 0. The fourth-order valence-corrected chi connectivity index (χ4v) is 5.53. The quantitative estimate of drug-likeness (QED) is 0.742. The van der Waals surface area contributed by atoms with E-state index in [9.17, 15) is 13.2 Å². The molecule has 2 heterocycles. The number of ether oxygens (including phenoxy) is 1. The van der Waals surface area contributed by atoms with E-state index in [-0.39, 0.29) is 10.8 Å². The third-order valence-electron chi connectivity index (χ3n) is 5.86. The number of morpholine rings is 1. The first-order valence-electron chi connectivity index (χ1n) is 10.9. The number of amides is 1. The number of nitrogens with zero attached hydrogens (tertiary/aromatic N) is 2. The van der Waals surface area contributed by atoms with Crippen molar-refractivity contribution in [3.8, 4) is 0 Å². The highest BCUT2D eigenvalue weighted by Gasteiger charge is 2.29. The van der Waals surface area contributed by atoms with Crippen molar-refractivity contribution in [3.63, 3.8) is 0 Å². The number of sulfonamides is 1. The zero-order valence-electron chi connectivity index (χ0n) is 17.8. The smallest absolute Gasteiger partial charge is 0.257 e. The van der Waals surface area contributed by atoms with Crippen LogP contribution in [0, 0.1) is 0 Å². The normalized spacial score (nSPS) is 17.6. The molecule has 0 spiro atoms. The topological polar surface area (TPSA) is 79.0 Å². The molecule has 2 aliphatic heterocycles. The van der Waals surface area contributed by atoms with Crippen LogP contribution in [0.1, 0.15) is 35.7 Å². The van der Waals surface area contributed by atoms with Crippen LogP contribution in [-0.4, -0.2) is 58.0 Å². The second kappa shape index (κ2) is 9.38. The van der Waals surface area contributed by atoms with E-state index in [1.165, 1.54) is 10.4 Å². The zero-order chi connectivity index (χ0) is 21.8. The van der Waals surface area contributed by atoms with Gasteiger partial charge < -0.3 is 15.0 Å². The van der Waals surface area contributed by atoms with Crippen LogP contribution < -0.4 is 10.2 Å². The van der Waals surface area contributed by atoms with Crippen LogP contribution in [0.3, 0.4) is 0 Å². The molecule has 0 atom stereocenters. The van der Waals surface area contributed by atoms with Gasteiger partial charge in [-0.15, -0.1) is 0 Å². The third kappa shape index (κ3) is 4.76. The summed E-state index contributed by atoms with van der Waals surface area (Å²) in [4.78, 5) is 15.6. The van der Waals surface area contributed by atoms with Crippen LogP contribution in [0.2, 0.25) is 0 Å². The van der Waals surface area contributed by atoms with Crippen LogP contribution >= 0.6 is 0 Å². The van der Waals surface area contributed by atoms with Crippen LogP contribution in [-0.2, 0) is 21.2 Å². The molecule has 8 heteroatoms. The summed E-state index contributed by atoms with van der Waals surface area (Å²) < 4.78 is 33.0. The summed E-state index contributed by atoms with van der Waals surface area (Å²) in [5.74, 6) is -0.297.